The van der Waals surface area contributed by atoms with Gasteiger partial charge in [-0.05, 0) is 53.9 Å². The lowest BCUT2D eigenvalue weighted by molar-refractivity contribution is 0.415. The fraction of sp³-hybridized carbons (Fsp3) is 0.192. The second-order valence-electron chi connectivity index (χ2n) is 7.71. The van der Waals surface area contributed by atoms with Crippen LogP contribution in [-0.4, -0.2) is 27.6 Å². The molecule has 3 heterocycles. The highest BCUT2D eigenvalue weighted by Gasteiger charge is 2.30. The molecule has 0 aliphatic carbocycles. The van der Waals surface area contributed by atoms with Crippen molar-refractivity contribution >= 4 is 11.5 Å². The number of hydrogen-bond donors (Lipinski definition) is 0. The van der Waals surface area contributed by atoms with E-state index in [0.717, 1.165) is 51.8 Å². The number of aliphatic imine (C=N–C) groups is 1. The molecular weight excluding hydrogens is 403 g/mol. The van der Waals surface area contributed by atoms with Gasteiger partial charge in [0.25, 0.3) is 0 Å². The van der Waals surface area contributed by atoms with Crippen molar-refractivity contribution < 1.29 is 9.13 Å². The number of halogens is 1. The Bertz CT molecular complexity index is 1260. The van der Waals surface area contributed by atoms with E-state index in [2.05, 4.69) is 11.9 Å². The van der Waals surface area contributed by atoms with E-state index in [-0.39, 0.29) is 11.9 Å². The molecule has 0 radical (unpaired) electrons. The van der Waals surface area contributed by atoms with Gasteiger partial charge in [0.2, 0.25) is 0 Å². The van der Waals surface area contributed by atoms with Gasteiger partial charge in [-0.3, -0.25) is 4.98 Å². The van der Waals surface area contributed by atoms with Gasteiger partial charge < -0.3 is 4.74 Å². The first-order chi connectivity index (χ1) is 15.7. The predicted molar refractivity (Wildman–Crippen MR) is 123 cm³/mol. The molecule has 0 unspecified atom stereocenters. The summed E-state index contributed by atoms with van der Waals surface area (Å²) in [5, 5.41) is 4.97. The van der Waals surface area contributed by atoms with Gasteiger partial charge >= 0.3 is 0 Å². The van der Waals surface area contributed by atoms with Crippen LogP contribution in [0.1, 0.15) is 36.3 Å². The highest BCUT2D eigenvalue weighted by Crippen LogP contribution is 2.42. The average Bonchev–Trinajstić information content (AvgIpc) is 3.23. The second-order valence-corrected chi connectivity index (χ2v) is 7.71. The summed E-state index contributed by atoms with van der Waals surface area (Å²) >= 11 is 0. The van der Waals surface area contributed by atoms with Gasteiger partial charge in [0, 0.05) is 18.2 Å². The normalized spacial score (nSPS) is 15.2. The van der Waals surface area contributed by atoms with E-state index >= 15 is 0 Å². The zero-order chi connectivity index (χ0) is 22.1. The highest BCUT2D eigenvalue weighted by molar-refractivity contribution is 6.04. The van der Waals surface area contributed by atoms with Crippen molar-refractivity contribution in [2.45, 2.75) is 25.8 Å². The van der Waals surface area contributed by atoms with Gasteiger partial charge in [-0.1, -0.05) is 37.3 Å². The standard InChI is InChI=1S/C26H23FN4O/c1-3-21-25(18-9-13-20(32-2)14-10-18)26-29-23(17-7-11-19(27)12-8-17)16-24(31(26)30-21)22-6-4-5-15-28-22/h4-15,24H,3,16H2,1-2H3/t24-/m0/s1. The van der Waals surface area contributed by atoms with Crippen LogP contribution in [0.15, 0.2) is 77.9 Å². The van der Waals surface area contributed by atoms with E-state index in [4.69, 9.17) is 14.8 Å². The smallest absolute Gasteiger partial charge is 0.159 e. The molecule has 0 bridgehead atoms. The quantitative estimate of drug-likeness (QED) is 0.407. The van der Waals surface area contributed by atoms with Crippen LogP contribution in [0.2, 0.25) is 0 Å². The molecule has 5 rings (SSSR count). The minimum Gasteiger partial charge on any atom is -0.497 e. The Kier molecular flexibility index (Phi) is 5.27. The molecule has 2 aromatic heterocycles. The Morgan fingerprint density at radius 3 is 2.41 bits per heavy atom. The molecule has 0 saturated heterocycles. The van der Waals surface area contributed by atoms with Crippen molar-refractivity contribution in [3.63, 3.8) is 0 Å². The maximum atomic E-state index is 13.6. The number of pyridine rings is 1. The molecule has 0 amide bonds. The van der Waals surface area contributed by atoms with Crippen molar-refractivity contribution in [1.82, 2.24) is 14.8 Å². The van der Waals surface area contributed by atoms with Gasteiger partial charge in [-0.2, -0.15) is 5.10 Å². The molecular formula is C26H23FN4O. The third-order valence-corrected chi connectivity index (χ3v) is 5.80. The zero-order valence-corrected chi connectivity index (χ0v) is 18.0. The third kappa shape index (κ3) is 3.58. The van der Waals surface area contributed by atoms with Gasteiger partial charge in [-0.15, -0.1) is 0 Å². The monoisotopic (exact) mass is 426 g/mol. The van der Waals surface area contributed by atoms with Gasteiger partial charge in [0.05, 0.1) is 24.2 Å². The number of fused-ring (bicyclic) bond motifs is 1. The first-order valence-electron chi connectivity index (χ1n) is 10.7. The van der Waals surface area contributed by atoms with Crippen LogP contribution in [0, 0.1) is 5.82 Å². The second kappa shape index (κ2) is 8.38. The number of benzene rings is 2. The maximum absolute atomic E-state index is 13.6. The molecule has 32 heavy (non-hydrogen) atoms. The van der Waals surface area contributed by atoms with Crippen LogP contribution in [0.5, 0.6) is 5.75 Å². The minimum absolute atomic E-state index is 0.0962. The van der Waals surface area contributed by atoms with Crippen molar-refractivity contribution in [3.8, 4) is 16.9 Å². The molecule has 1 aliphatic heterocycles. The van der Waals surface area contributed by atoms with Crippen LogP contribution in [0.3, 0.4) is 0 Å². The first kappa shape index (κ1) is 20.1. The molecule has 2 aromatic carbocycles. The summed E-state index contributed by atoms with van der Waals surface area (Å²) in [6.07, 6.45) is 3.20. The van der Waals surface area contributed by atoms with E-state index in [1.807, 2.05) is 47.1 Å². The van der Waals surface area contributed by atoms with Crippen LogP contribution < -0.4 is 4.74 Å². The zero-order valence-electron chi connectivity index (χ0n) is 18.0. The van der Waals surface area contributed by atoms with E-state index in [1.54, 1.807) is 25.4 Å². The lowest BCUT2D eigenvalue weighted by Gasteiger charge is -2.24. The van der Waals surface area contributed by atoms with Crippen LogP contribution in [0.25, 0.3) is 11.1 Å². The van der Waals surface area contributed by atoms with E-state index in [1.165, 1.54) is 12.1 Å². The van der Waals surface area contributed by atoms with Crippen LogP contribution in [0.4, 0.5) is 10.2 Å². The Hall–Kier alpha value is -3.80. The third-order valence-electron chi connectivity index (χ3n) is 5.80. The Morgan fingerprint density at radius 1 is 1.00 bits per heavy atom. The minimum atomic E-state index is -0.260. The van der Waals surface area contributed by atoms with Gasteiger partial charge in [-0.25, -0.2) is 14.1 Å². The molecule has 1 atom stereocenters. The molecule has 0 N–H and O–H groups in total. The fourth-order valence-corrected chi connectivity index (χ4v) is 4.17. The molecule has 1 aliphatic rings. The topological polar surface area (TPSA) is 52.3 Å². The van der Waals surface area contributed by atoms with E-state index in [9.17, 15) is 4.39 Å². The lowest BCUT2D eigenvalue weighted by Crippen LogP contribution is -2.22. The Morgan fingerprint density at radius 2 is 1.75 bits per heavy atom. The summed E-state index contributed by atoms with van der Waals surface area (Å²) in [5.41, 5.74) is 5.75. The van der Waals surface area contributed by atoms with E-state index < -0.39 is 0 Å². The number of ether oxygens (including phenoxy) is 1. The largest absolute Gasteiger partial charge is 0.497 e. The number of rotatable bonds is 5. The Balaban J connectivity index is 1.72. The van der Waals surface area contributed by atoms with Crippen molar-refractivity contribution in [3.05, 3.63) is 95.7 Å². The molecule has 0 spiro atoms. The van der Waals surface area contributed by atoms with Crippen molar-refractivity contribution in [2.75, 3.05) is 7.11 Å². The summed E-state index contributed by atoms with van der Waals surface area (Å²) in [6, 6.07) is 20.3. The number of nitrogens with zero attached hydrogens (tertiary/aromatic N) is 4. The van der Waals surface area contributed by atoms with Gasteiger partial charge in [0.15, 0.2) is 5.82 Å². The highest BCUT2D eigenvalue weighted by atomic mass is 19.1. The summed E-state index contributed by atoms with van der Waals surface area (Å²) in [7, 11) is 1.66. The number of methoxy groups -OCH3 is 1. The van der Waals surface area contributed by atoms with E-state index in [0.29, 0.717) is 6.42 Å². The Labute approximate surface area is 186 Å². The molecule has 0 fully saturated rings. The summed E-state index contributed by atoms with van der Waals surface area (Å²) in [5.74, 6) is 1.34. The first-order valence-corrected chi connectivity index (χ1v) is 10.7. The molecule has 5 nitrogen and oxygen atoms in total. The number of aromatic nitrogens is 3. The summed E-state index contributed by atoms with van der Waals surface area (Å²) in [4.78, 5) is 9.66. The number of aryl methyl sites for hydroxylation is 1. The van der Waals surface area contributed by atoms with Crippen molar-refractivity contribution in [2.24, 2.45) is 4.99 Å². The fourth-order valence-electron chi connectivity index (χ4n) is 4.17. The molecule has 0 saturated carbocycles. The molecule has 160 valence electrons. The number of hydrogen-bond acceptors (Lipinski definition) is 4. The van der Waals surface area contributed by atoms with Crippen LogP contribution >= 0.6 is 0 Å². The predicted octanol–water partition coefficient (Wildman–Crippen LogP) is 5.77. The summed E-state index contributed by atoms with van der Waals surface area (Å²) < 4.78 is 20.9. The maximum Gasteiger partial charge on any atom is 0.159 e. The SMILES string of the molecule is CCc1nn2c(c1-c1ccc(OC)cc1)N=C(c1ccc(F)cc1)C[C@H]2c1ccccn1. The van der Waals surface area contributed by atoms with Crippen molar-refractivity contribution in [1.29, 1.82) is 0 Å². The van der Waals surface area contributed by atoms with Crippen LogP contribution in [-0.2, 0) is 6.42 Å². The molecule has 4 aromatic rings. The summed E-state index contributed by atoms with van der Waals surface area (Å²) in [6.45, 7) is 2.10. The van der Waals surface area contributed by atoms with Gasteiger partial charge in [0.1, 0.15) is 17.6 Å². The average molecular weight is 426 g/mol. The lowest BCUT2D eigenvalue weighted by atomic mass is 9.97. The molecule has 6 heteroatoms.